The van der Waals surface area contributed by atoms with Crippen LogP contribution in [0.4, 0.5) is 0 Å². The zero-order valence-electron chi connectivity index (χ0n) is 11.0. The summed E-state index contributed by atoms with van der Waals surface area (Å²) in [6.07, 6.45) is 3.30. The largest absolute Gasteiger partial charge is 0.482 e. The molecule has 1 aromatic carbocycles. The van der Waals surface area contributed by atoms with E-state index in [1.807, 2.05) is 6.92 Å². The average Bonchev–Trinajstić information content (AvgIpc) is 2.95. The van der Waals surface area contributed by atoms with Gasteiger partial charge in [0.15, 0.2) is 6.61 Å². The smallest absolute Gasteiger partial charge is 0.258 e. The van der Waals surface area contributed by atoms with Crippen LogP contribution in [0.2, 0.25) is 15.1 Å². The molecule has 1 amide bonds. The number of H-pyrrole nitrogens is 1. The number of imidazole rings is 1. The highest BCUT2D eigenvalue weighted by Crippen LogP contribution is 2.33. The molecule has 0 aliphatic rings. The van der Waals surface area contributed by atoms with Gasteiger partial charge in [0.05, 0.1) is 21.1 Å². The number of ether oxygens (including phenoxy) is 1. The predicted molar refractivity (Wildman–Crippen MR) is 82.1 cm³/mol. The van der Waals surface area contributed by atoms with E-state index in [-0.39, 0.29) is 23.6 Å². The van der Waals surface area contributed by atoms with E-state index < -0.39 is 0 Å². The lowest BCUT2D eigenvalue weighted by Gasteiger charge is -2.13. The number of benzene rings is 1. The number of nitrogens with zero attached hydrogens (tertiary/aromatic N) is 1. The quantitative estimate of drug-likeness (QED) is 0.811. The maximum atomic E-state index is 11.8. The molecule has 21 heavy (non-hydrogen) atoms. The molecule has 0 saturated heterocycles. The van der Waals surface area contributed by atoms with Crippen LogP contribution in [0.15, 0.2) is 24.5 Å². The van der Waals surface area contributed by atoms with Gasteiger partial charge in [-0.25, -0.2) is 4.98 Å². The zero-order valence-corrected chi connectivity index (χ0v) is 13.3. The Morgan fingerprint density at radius 1 is 1.33 bits per heavy atom. The monoisotopic (exact) mass is 347 g/mol. The molecule has 0 aliphatic carbocycles. The van der Waals surface area contributed by atoms with Crippen LogP contribution >= 0.6 is 34.8 Å². The molecule has 8 heteroatoms. The third-order valence-corrected chi connectivity index (χ3v) is 3.66. The molecule has 0 bridgehead atoms. The maximum absolute atomic E-state index is 11.8. The molecule has 1 aromatic heterocycles. The predicted octanol–water partition coefficient (Wildman–Crippen LogP) is 3.63. The SMILES string of the molecule is CC(NC(=O)COc1cc(Cl)c(Cl)cc1Cl)c1ncc[nH]1. The molecule has 5 nitrogen and oxygen atoms in total. The van der Waals surface area contributed by atoms with Gasteiger partial charge in [0.1, 0.15) is 11.6 Å². The Hall–Kier alpha value is -1.43. The number of aromatic amines is 1. The normalized spacial score (nSPS) is 12.0. The summed E-state index contributed by atoms with van der Waals surface area (Å²) in [5, 5.41) is 3.66. The molecule has 2 N–H and O–H groups in total. The second-order valence-corrected chi connectivity index (χ2v) is 5.47. The highest BCUT2D eigenvalue weighted by Gasteiger charge is 2.13. The Balaban J connectivity index is 1.91. The molecular weight excluding hydrogens is 337 g/mol. The van der Waals surface area contributed by atoms with E-state index in [1.165, 1.54) is 12.1 Å². The van der Waals surface area contributed by atoms with Crippen molar-refractivity contribution in [2.45, 2.75) is 13.0 Å². The Morgan fingerprint density at radius 2 is 2.05 bits per heavy atom. The van der Waals surface area contributed by atoms with Gasteiger partial charge < -0.3 is 15.0 Å². The fourth-order valence-electron chi connectivity index (χ4n) is 1.62. The second-order valence-electron chi connectivity index (χ2n) is 4.25. The first kappa shape index (κ1) is 15.9. The third-order valence-electron chi connectivity index (χ3n) is 2.64. The van der Waals surface area contributed by atoms with E-state index >= 15 is 0 Å². The third kappa shape index (κ3) is 4.27. The lowest BCUT2D eigenvalue weighted by molar-refractivity contribution is -0.123. The summed E-state index contributed by atoms with van der Waals surface area (Å²) >= 11 is 17.6. The van der Waals surface area contributed by atoms with Gasteiger partial charge in [0.25, 0.3) is 5.91 Å². The number of amides is 1. The van der Waals surface area contributed by atoms with E-state index in [9.17, 15) is 4.79 Å². The Kier molecular flexibility index (Phi) is 5.33. The van der Waals surface area contributed by atoms with E-state index in [4.69, 9.17) is 39.5 Å². The van der Waals surface area contributed by atoms with Crippen LogP contribution in [-0.4, -0.2) is 22.5 Å². The van der Waals surface area contributed by atoms with Crippen molar-refractivity contribution in [1.82, 2.24) is 15.3 Å². The van der Waals surface area contributed by atoms with E-state index in [0.717, 1.165) is 0 Å². The number of aromatic nitrogens is 2. The molecule has 112 valence electrons. The van der Waals surface area contributed by atoms with Crippen molar-refractivity contribution in [2.24, 2.45) is 0 Å². The molecule has 0 spiro atoms. The Bertz CT molecular complexity index is 632. The number of hydrogen-bond acceptors (Lipinski definition) is 3. The van der Waals surface area contributed by atoms with Gasteiger partial charge in [-0.2, -0.15) is 0 Å². The van der Waals surface area contributed by atoms with Gasteiger partial charge in [-0.3, -0.25) is 4.79 Å². The zero-order chi connectivity index (χ0) is 15.4. The minimum atomic E-state index is -0.305. The maximum Gasteiger partial charge on any atom is 0.258 e. The minimum Gasteiger partial charge on any atom is -0.482 e. The second kappa shape index (κ2) is 7.02. The molecule has 1 unspecified atom stereocenters. The van der Waals surface area contributed by atoms with Gasteiger partial charge in [0.2, 0.25) is 0 Å². The first-order valence-corrected chi connectivity index (χ1v) is 7.16. The van der Waals surface area contributed by atoms with Crippen molar-refractivity contribution in [3.63, 3.8) is 0 Å². The molecule has 0 radical (unpaired) electrons. The molecule has 1 atom stereocenters. The van der Waals surface area contributed by atoms with E-state index in [1.54, 1.807) is 12.4 Å². The summed E-state index contributed by atoms with van der Waals surface area (Å²) in [5.41, 5.74) is 0. The van der Waals surface area contributed by atoms with Gasteiger partial charge in [0, 0.05) is 18.5 Å². The van der Waals surface area contributed by atoms with Crippen LogP contribution in [0.1, 0.15) is 18.8 Å². The van der Waals surface area contributed by atoms with Gasteiger partial charge in [-0.05, 0) is 13.0 Å². The van der Waals surface area contributed by atoms with Crippen LogP contribution in [-0.2, 0) is 4.79 Å². The van der Waals surface area contributed by atoms with Crippen molar-refractivity contribution in [1.29, 1.82) is 0 Å². The number of rotatable bonds is 5. The average molecular weight is 349 g/mol. The van der Waals surface area contributed by atoms with Crippen molar-refractivity contribution >= 4 is 40.7 Å². The number of nitrogens with one attached hydrogen (secondary N) is 2. The molecule has 2 rings (SSSR count). The van der Waals surface area contributed by atoms with Crippen molar-refractivity contribution < 1.29 is 9.53 Å². The summed E-state index contributed by atoms with van der Waals surface area (Å²) in [5.74, 6) is 0.656. The molecule has 1 heterocycles. The van der Waals surface area contributed by atoms with Crippen LogP contribution in [0.5, 0.6) is 5.75 Å². The van der Waals surface area contributed by atoms with Crippen molar-refractivity contribution in [3.05, 3.63) is 45.4 Å². The van der Waals surface area contributed by atoms with Crippen LogP contribution in [0.3, 0.4) is 0 Å². The fourth-order valence-corrected chi connectivity index (χ4v) is 2.22. The summed E-state index contributed by atoms with van der Waals surface area (Å²) in [6, 6.07) is 2.68. The topological polar surface area (TPSA) is 67.0 Å². The number of halogens is 3. The van der Waals surface area contributed by atoms with Crippen molar-refractivity contribution in [2.75, 3.05) is 6.61 Å². The number of carbonyl (C=O) groups excluding carboxylic acids is 1. The molecule has 0 aliphatic heterocycles. The van der Waals surface area contributed by atoms with Crippen LogP contribution < -0.4 is 10.1 Å². The van der Waals surface area contributed by atoms with Crippen LogP contribution in [0.25, 0.3) is 0 Å². The minimum absolute atomic E-state index is 0.192. The Morgan fingerprint density at radius 3 is 2.71 bits per heavy atom. The standard InChI is InChI=1S/C13H12Cl3N3O2/c1-7(13-17-2-3-18-13)19-12(20)6-21-11-5-9(15)8(14)4-10(11)16/h2-5,7H,6H2,1H3,(H,17,18)(H,19,20). The first-order valence-electron chi connectivity index (χ1n) is 6.03. The highest BCUT2D eigenvalue weighted by atomic mass is 35.5. The van der Waals surface area contributed by atoms with Crippen LogP contribution in [0, 0.1) is 0 Å². The van der Waals surface area contributed by atoms with Gasteiger partial charge >= 0.3 is 0 Å². The fraction of sp³-hybridized carbons (Fsp3) is 0.231. The molecule has 0 saturated carbocycles. The number of hydrogen-bond donors (Lipinski definition) is 2. The first-order chi connectivity index (χ1) is 9.97. The van der Waals surface area contributed by atoms with Gasteiger partial charge in [-0.15, -0.1) is 0 Å². The molecule has 2 aromatic rings. The molecule has 0 fully saturated rings. The summed E-state index contributed by atoms with van der Waals surface area (Å²) in [4.78, 5) is 18.8. The summed E-state index contributed by atoms with van der Waals surface area (Å²) in [7, 11) is 0. The van der Waals surface area contributed by atoms with Gasteiger partial charge in [-0.1, -0.05) is 34.8 Å². The van der Waals surface area contributed by atoms with Crippen molar-refractivity contribution in [3.8, 4) is 5.75 Å². The van der Waals surface area contributed by atoms with E-state index in [2.05, 4.69) is 15.3 Å². The lowest BCUT2D eigenvalue weighted by Crippen LogP contribution is -2.31. The number of carbonyl (C=O) groups is 1. The summed E-state index contributed by atoms with van der Waals surface area (Å²) in [6.45, 7) is 1.62. The van der Waals surface area contributed by atoms with E-state index in [0.29, 0.717) is 21.6 Å². The highest BCUT2D eigenvalue weighted by molar-refractivity contribution is 6.43. The summed E-state index contributed by atoms with van der Waals surface area (Å²) < 4.78 is 5.33. The molecular formula is C13H12Cl3N3O2. The Labute approximate surface area is 136 Å². The lowest BCUT2D eigenvalue weighted by atomic mass is 10.3.